The number of anilines is 2. The highest BCUT2D eigenvalue weighted by atomic mass is 35.5. The molecule has 0 amide bonds. The second kappa shape index (κ2) is 6.84. The Morgan fingerprint density at radius 1 is 1.25 bits per heavy atom. The number of nitrogens with two attached hydrogens (primary N) is 1. The number of halogens is 2. The number of hydrogen-bond donors (Lipinski definition) is 2. The van der Waals surface area contributed by atoms with Crippen LogP contribution in [-0.2, 0) is 0 Å². The number of nitrogen functional groups attached to an aromatic ring is 1. The van der Waals surface area contributed by atoms with E-state index in [1.54, 1.807) is 0 Å². The van der Waals surface area contributed by atoms with Gasteiger partial charge in [0, 0.05) is 30.5 Å². The first-order valence-electron chi connectivity index (χ1n) is 5.07. The van der Waals surface area contributed by atoms with Gasteiger partial charge in [-0.05, 0) is 37.7 Å². The molecule has 1 fully saturated rings. The van der Waals surface area contributed by atoms with Gasteiger partial charge in [-0.2, -0.15) is 0 Å². The van der Waals surface area contributed by atoms with Gasteiger partial charge < -0.3 is 16.0 Å². The number of nitrogens with one attached hydrogen (secondary N) is 1. The molecule has 1 aliphatic heterocycles. The van der Waals surface area contributed by atoms with Gasteiger partial charge in [-0.3, -0.25) is 0 Å². The second-order valence-electron chi connectivity index (χ2n) is 3.81. The lowest BCUT2D eigenvalue weighted by Crippen LogP contribution is -2.29. The Morgan fingerprint density at radius 3 is 2.38 bits per heavy atom. The molecule has 1 aromatic rings. The second-order valence-corrected chi connectivity index (χ2v) is 3.81. The van der Waals surface area contributed by atoms with Crippen LogP contribution in [0.2, 0.25) is 0 Å². The molecule has 0 aromatic heterocycles. The Morgan fingerprint density at radius 2 is 1.88 bits per heavy atom. The van der Waals surface area contributed by atoms with Crippen molar-refractivity contribution in [2.75, 3.05) is 30.8 Å². The number of likely N-dealkylation sites (N-methyl/N-ethyl adjacent to an activating group) is 1. The highest BCUT2D eigenvalue weighted by molar-refractivity contribution is 5.85. The maximum Gasteiger partial charge on any atom is 0.0368 e. The van der Waals surface area contributed by atoms with E-state index < -0.39 is 0 Å². The molecule has 0 spiro atoms. The van der Waals surface area contributed by atoms with E-state index in [0.717, 1.165) is 18.8 Å². The van der Waals surface area contributed by atoms with Crippen molar-refractivity contribution in [3.05, 3.63) is 24.3 Å². The van der Waals surface area contributed by atoms with Crippen LogP contribution < -0.4 is 16.0 Å². The van der Waals surface area contributed by atoms with E-state index in [1.807, 2.05) is 19.2 Å². The van der Waals surface area contributed by atoms with Gasteiger partial charge in [0.1, 0.15) is 0 Å². The summed E-state index contributed by atoms with van der Waals surface area (Å²) in [5.74, 6) is 0. The molecule has 0 bridgehead atoms. The Balaban J connectivity index is 0.00000112. The van der Waals surface area contributed by atoms with Crippen LogP contribution >= 0.6 is 24.8 Å². The molecule has 1 unspecified atom stereocenters. The zero-order valence-corrected chi connectivity index (χ0v) is 11.0. The third-order valence-electron chi connectivity index (χ3n) is 2.85. The van der Waals surface area contributed by atoms with Crippen molar-refractivity contribution in [2.45, 2.75) is 12.5 Å². The summed E-state index contributed by atoms with van der Waals surface area (Å²) in [5, 5.41) is 3.31. The van der Waals surface area contributed by atoms with E-state index in [2.05, 4.69) is 22.3 Å². The quantitative estimate of drug-likeness (QED) is 0.802. The van der Waals surface area contributed by atoms with E-state index in [9.17, 15) is 0 Å². The molecule has 5 heteroatoms. The van der Waals surface area contributed by atoms with Gasteiger partial charge in [-0.15, -0.1) is 24.8 Å². The standard InChI is InChI=1S/C11H17N3.2ClH/c1-13-10-6-7-14(8-10)11-4-2-9(12)3-5-11;;/h2-5,10,13H,6-8,12H2,1H3;2*1H. The molecular weight excluding hydrogens is 245 g/mol. The summed E-state index contributed by atoms with van der Waals surface area (Å²) in [4.78, 5) is 2.39. The van der Waals surface area contributed by atoms with E-state index in [-0.39, 0.29) is 24.8 Å². The zero-order valence-electron chi connectivity index (χ0n) is 9.35. The molecule has 92 valence electrons. The molecule has 1 heterocycles. The van der Waals surface area contributed by atoms with Gasteiger partial charge in [0.15, 0.2) is 0 Å². The van der Waals surface area contributed by atoms with Crippen molar-refractivity contribution in [3.8, 4) is 0 Å². The van der Waals surface area contributed by atoms with Crippen LogP contribution in [0.15, 0.2) is 24.3 Å². The highest BCUT2D eigenvalue weighted by Gasteiger charge is 2.20. The average molecular weight is 264 g/mol. The van der Waals surface area contributed by atoms with Crippen molar-refractivity contribution in [1.29, 1.82) is 0 Å². The number of benzene rings is 1. The molecular formula is C11H19Cl2N3. The van der Waals surface area contributed by atoms with Crippen LogP contribution in [0.4, 0.5) is 11.4 Å². The highest BCUT2D eigenvalue weighted by Crippen LogP contribution is 2.21. The largest absolute Gasteiger partial charge is 0.399 e. The van der Waals surface area contributed by atoms with Crippen molar-refractivity contribution >= 4 is 36.2 Å². The van der Waals surface area contributed by atoms with E-state index >= 15 is 0 Å². The van der Waals surface area contributed by atoms with Gasteiger partial charge in [0.2, 0.25) is 0 Å². The SMILES string of the molecule is CNC1CCN(c2ccc(N)cc2)C1.Cl.Cl. The third kappa shape index (κ3) is 3.44. The van der Waals surface area contributed by atoms with E-state index in [1.165, 1.54) is 12.1 Å². The monoisotopic (exact) mass is 263 g/mol. The van der Waals surface area contributed by atoms with Crippen LogP contribution in [0, 0.1) is 0 Å². The normalized spacial score (nSPS) is 18.8. The first-order valence-corrected chi connectivity index (χ1v) is 5.07. The smallest absolute Gasteiger partial charge is 0.0368 e. The van der Waals surface area contributed by atoms with Gasteiger partial charge in [-0.25, -0.2) is 0 Å². The van der Waals surface area contributed by atoms with Gasteiger partial charge in [-0.1, -0.05) is 0 Å². The lowest BCUT2D eigenvalue weighted by molar-refractivity contribution is 0.617. The van der Waals surface area contributed by atoms with Gasteiger partial charge in [0.25, 0.3) is 0 Å². The molecule has 0 saturated carbocycles. The summed E-state index contributed by atoms with van der Waals surface area (Å²) in [5.41, 5.74) is 7.75. The van der Waals surface area contributed by atoms with Crippen molar-refractivity contribution in [2.24, 2.45) is 0 Å². The van der Waals surface area contributed by atoms with E-state index in [0.29, 0.717) is 6.04 Å². The summed E-state index contributed by atoms with van der Waals surface area (Å²) >= 11 is 0. The predicted octanol–water partition coefficient (Wildman–Crippen LogP) is 1.91. The Bertz CT molecular complexity index is 303. The fourth-order valence-electron chi connectivity index (χ4n) is 1.92. The Labute approximate surface area is 109 Å². The topological polar surface area (TPSA) is 41.3 Å². The molecule has 1 aliphatic rings. The van der Waals surface area contributed by atoms with Crippen molar-refractivity contribution < 1.29 is 0 Å². The minimum atomic E-state index is 0. The fraction of sp³-hybridized carbons (Fsp3) is 0.455. The van der Waals surface area contributed by atoms with Crippen molar-refractivity contribution in [3.63, 3.8) is 0 Å². The lowest BCUT2D eigenvalue weighted by atomic mass is 10.2. The lowest BCUT2D eigenvalue weighted by Gasteiger charge is -2.18. The van der Waals surface area contributed by atoms with E-state index in [4.69, 9.17) is 5.73 Å². The van der Waals surface area contributed by atoms with Crippen LogP contribution in [0.1, 0.15) is 6.42 Å². The third-order valence-corrected chi connectivity index (χ3v) is 2.85. The summed E-state index contributed by atoms with van der Waals surface area (Å²) in [6.45, 7) is 2.23. The van der Waals surface area contributed by atoms with Gasteiger partial charge >= 0.3 is 0 Å². The molecule has 0 aliphatic carbocycles. The number of hydrogen-bond acceptors (Lipinski definition) is 3. The Kier molecular flexibility index (Phi) is 6.56. The Hall–Kier alpha value is -0.640. The maximum atomic E-state index is 5.65. The number of nitrogens with zero attached hydrogens (tertiary/aromatic N) is 1. The maximum absolute atomic E-state index is 5.65. The summed E-state index contributed by atoms with van der Waals surface area (Å²) in [7, 11) is 2.02. The van der Waals surface area contributed by atoms with Crippen LogP contribution in [0.5, 0.6) is 0 Å². The molecule has 1 saturated heterocycles. The molecule has 3 N–H and O–H groups in total. The summed E-state index contributed by atoms with van der Waals surface area (Å²) in [6.07, 6.45) is 1.22. The molecule has 16 heavy (non-hydrogen) atoms. The van der Waals surface area contributed by atoms with Crippen LogP contribution in [0.25, 0.3) is 0 Å². The first-order chi connectivity index (χ1) is 6.79. The van der Waals surface area contributed by atoms with Crippen LogP contribution in [-0.4, -0.2) is 26.2 Å². The zero-order chi connectivity index (χ0) is 9.97. The molecule has 1 atom stereocenters. The summed E-state index contributed by atoms with van der Waals surface area (Å²) < 4.78 is 0. The molecule has 3 nitrogen and oxygen atoms in total. The summed E-state index contributed by atoms with van der Waals surface area (Å²) in [6, 6.07) is 8.73. The molecule has 0 radical (unpaired) electrons. The number of rotatable bonds is 2. The molecule has 2 rings (SSSR count). The minimum absolute atomic E-state index is 0. The molecule has 1 aromatic carbocycles. The minimum Gasteiger partial charge on any atom is -0.399 e. The van der Waals surface area contributed by atoms with Crippen LogP contribution in [0.3, 0.4) is 0 Å². The first kappa shape index (κ1) is 15.4. The predicted molar refractivity (Wildman–Crippen MR) is 75.0 cm³/mol. The van der Waals surface area contributed by atoms with Gasteiger partial charge in [0.05, 0.1) is 0 Å². The fourth-order valence-corrected chi connectivity index (χ4v) is 1.92. The van der Waals surface area contributed by atoms with Crippen molar-refractivity contribution in [1.82, 2.24) is 5.32 Å². The average Bonchev–Trinajstić information content (AvgIpc) is 2.67.